The molecule has 1 N–H and O–H groups in total. The summed E-state index contributed by atoms with van der Waals surface area (Å²) in [5.74, 6) is 1.07. The number of hydrogen-bond acceptors (Lipinski definition) is 6. The van der Waals surface area contributed by atoms with Gasteiger partial charge in [0.2, 0.25) is 11.9 Å². The van der Waals surface area contributed by atoms with Gasteiger partial charge in [-0.2, -0.15) is 0 Å². The van der Waals surface area contributed by atoms with E-state index in [0.717, 1.165) is 31.6 Å². The van der Waals surface area contributed by atoms with E-state index in [0.29, 0.717) is 23.8 Å². The monoisotopic (exact) mass is 395 g/mol. The molecule has 1 atom stereocenters. The minimum atomic E-state index is -0.263. The first-order chi connectivity index (χ1) is 14.1. The van der Waals surface area contributed by atoms with Crippen LogP contribution in [-0.2, 0) is 4.79 Å². The van der Waals surface area contributed by atoms with E-state index in [1.807, 2.05) is 24.3 Å². The van der Waals surface area contributed by atoms with Gasteiger partial charge in [0.25, 0.3) is 5.91 Å². The van der Waals surface area contributed by atoms with Gasteiger partial charge in [0, 0.05) is 50.2 Å². The summed E-state index contributed by atoms with van der Waals surface area (Å²) < 4.78 is 5.23. The molecule has 0 aliphatic carbocycles. The molecule has 0 bridgehead atoms. The molecule has 2 fully saturated rings. The average Bonchev–Trinajstić information content (AvgIpc) is 3.14. The van der Waals surface area contributed by atoms with Gasteiger partial charge in [-0.15, -0.1) is 0 Å². The van der Waals surface area contributed by atoms with E-state index in [-0.39, 0.29) is 24.3 Å². The number of carbonyl (C=O) groups excluding carboxylic acids is 2. The Bertz CT molecular complexity index is 880. The van der Waals surface area contributed by atoms with Crippen molar-refractivity contribution in [2.45, 2.75) is 31.7 Å². The zero-order chi connectivity index (χ0) is 20.2. The second kappa shape index (κ2) is 8.46. The summed E-state index contributed by atoms with van der Waals surface area (Å²) in [5.41, 5.74) is 1.17. The molecule has 1 unspecified atom stereocenters. The fourth-order valence-electron chi connectivity index (χ4n) is 3.80. The molecule has 1 aromatic heterocycles. The maximum atomic E-state index is 12.6. The van der Waals surface area contributed by atoms with Crippen LogP contribution in [0.2, 0.25) is 0 Å². The van der Waals surface area contributed by atoms with Crippen molar-refractivity contribution in [3.05, 3.63) is 42.2 Å². The average molecular weight is 395 g/mol. The van der Waals surface area contributed by atoms with E-state index in [4.69, 9.17) is 4.74 Å². The third-order valence-electron chi connectivity index (χ3n) is 5.36. The zero-order valence-electron chi connectivity index (χ0n) is 16.5. The SMILES string of the molecule is COc1cccc(N2CC(NC(=O)c3cnc(N4CCCCC4)nc3)CC2=O)c1. The summed E-state index contributed by atoms with van der Waals surface area (Å²) in [7, 11) is 1.59. The Morgan fingerprint density at radius 3 is 2.66 bits per heavy atom. The molecule has 2 saturated heterocycles. The van der Waals surface area contributed by atoms with Gasteiger partial charge in [-0.3, -0.25) is 9.59 Å². The summed E-state index contributed by atoms with van der Waals surface area (Å²) in [6, 6.07) is 7.08. The smallest absolute Gasteiger partial charge is 0.254 e. The Morgan fingerprint density at radius 2 is 1.93 bits per heavy atom. The first-order valence-corrected chi connectivity index (χ1v) is 9.96. The van der Waals surface area contributed by atoms with Crippen LogP contribution in [-0.4, -0.2) is 54.6 Å². The Labute approximate surface area is 169 Å². The van der Waals surface area contributed by atoms with Crippen molar-refractivity contribution in [3.8, 4) is 5.75 Å². The quantitative estimate of drug-likeness (QED) is 0.833. The lowest BCUT2D eigenvalue weighted by molar-refractivity contribution is -0.117. The molecule has 8 heteroatoms. The molecule has 0 spiro atoms. The number of carbonyl (C=O) groups is 2. The first-order valence-electron chi connectivity index (χ1n) is 9.96. The number of nitrogens with one attached hydrogen (secondary N) is 1. The molecule has 3 heterocycles. The van der Waals surface area contributed by atoms with Crippen molar-refractivity contribution in [3.63, 3.8) is 0 Å². The largest absolute Gasteiger partial charge is 0.497 e. The van der Waals surface area contributed by atoms with Gasteiger partial charge in [-0.1, -0.05) is 6.07 Å². The third-order valence-corrected chi connectivity index (χ3v) is 5.36. The second-order valence-corrected chi connectivity index (χ2v) is 7.40. The number of hydrogen-bond donors (Lipinski definition) is 1. The summed E-state index contributed by atoms with van der Waals surface area (Å²) >= 11 is 0. The fraction of sp³-hybridized carbons (Fsp3) is 0.429. The van der Waals surface area contributed by atoms with Gasteiger partial charge in [0.1, 0.15) is 5.75 Å². The van der Waals surface area contributed by atoms with E-state index in [1.54, 1.807) is 24.4 Å². The van der Waals surface area contributed by atoms with Gasteiger partial charge < -0.3 is 19.9 Å². The first kappa shape index (κ1) is 19.2. The van der Waals surface area contributed by atoms with Crippen molar-refractivity contribution >= 4 is 23.5 Å². The van der Waals surface area contributed by atoms with Crippen molar-refractivity contribution in [2.24, 2.45) is 0 Å². The van der Waals surface area contributed by atoms with E-state index in [2.05, 4.69) is 20.2 Å². The van der Waals surface area contributed by atoms with Crippen LogP contribution in [0, 0.1) is 0 Å². The molecule has 1 aromatic carbocycles. The van der Waals surface area contributed by atoms with Gasteiger partial charge in [0.05, 0.1) is 18.7 Å². The number of anilines is 2. The van der Waals surface area contributed by atoms with Crippen LogP contribution in [0.15, 0.2) is 36.7 Å². The van der Waals surface area contributed by atoms with Crippen molar-refractivity contribution in [1.82, 2.24) is 15.3 Å². The lowest BCUT2D eigenvalue weighted by atomic mass is 10.1. The lowest BCUT2D eigenvalue weighted by Crippen LogP contribution is -2.37. The second-order valence-electron chi connectivity index (χ2n) is 7.40. The molecule has 29 heavy (non-hydrogen) atoms. The maximum absolute atomic E-state index is 12.6. The maximum Gasteiger partial charge on any atom is 0.254 e. The predicted molar refractivity (Wildman–Crippen MR) is 109 cm³/mol. The highest BCUT2D eigenvalue weighted by molar-refractivity contribution is 5.98. The molecule has 2 aliphatic rings. The molecule has 152 valence electrons. The van der Waals surface area contributed by atoms with Crippen molar-refractivity contribution < 1.29 is 14.3 Å². The fourth-order valence-corrected chi connectivity index (χ4v) is 3.80. The van der Waals surface area contributed by atoms with E-state index >= 15 is 0 Å². The van der Waals surface area contributed by atoms with Crippen LogP contribution < -0.4 is 19.9 Å². The van der Waals surface area contributed by atoms with Gasteiger partial charge in [-0.25, -0.2) is 9.97 Å². The molecule has 0 saturated carbocycles. The van der Waals surface area contributed by atoms with Gasteiger partial charge in [0.15, 0.2) is 0 Å². The molecule has 2 aliphatic heterocycles. The number of piperidine rings is 1. The number of benzene rings is 1. The highest BCUT2D eigenvalue weighted by Crippen LogP contribution is 2.25. The normalized spacial score (nSPS) is 19.3. The van der Waals surface area contributed by atoms with Crippen LogP contribution in [0.4, 0.5) is 11.6 Å². The summed E-state index contributed by atoms with van der Waals surface area (Å²) in [5, 5.41) is 2.93. The molecule has 2 aromatic rings. The van der Waals surface area contributed by atoms with Crippen molar-refractivity contribution in [1.29, 1.82) is 0 Å². The summed E-state index contributed by atoms with van der Waals surface area (Å²) in [6.07, 6.45) is 6.90. The van der Waals surface area contributed by atoms with E-state index in [9.17, 15) is 9.59 Å². The minimum Gasteiger partial charge on any atom is -0.497 e. The Kier molecular flexibility index (Phi) is 5.59. The number of methoxy groups -OCH3 is 1. The van der Waals surface area contributed by atoms with Crippen LogP contribution in [0.3, 0.4) is 0 Å². The third kappa shape index (κ3) is 4.31. The van der Waals surface area contributed by atoms with E-state index in [1.165, 1.54) is 6.42 Å². The standard InChI is InChI=1S/C21H25N5O3/c1-29-18-7-5-6-17(11-18)26-14-16(10-19(26)27)24-20(28)15-12-22-21(23-13-15)25-8-3-2-4-9-25/h5-7,11-13,16H,2-4,8-10,14H2,1H3,(H,24,28). The molecular formula is C21H25N5O3. The highest BCUT2D eigenvalue weighted by Gasteiger charge is 2.32. The zero-order valence-corrected chi connectivity index (χ0v) is 16.5. The molecule has 4 rings (SSSR count). The molecular weight excluding hydrogens is 370 g/mol. The van der Waals surface area contributed by atoms with Crippen LogP contribution >= 0.6 is 0 Å². The topological polar surface area (TPSA) is 87.7 Å². The number of rotatable bonds is 5. The Hall–Kier alpha value is -3.16. The predicted octanol–water partition coefficient (Wildman–Crippen LogP) is 2.01. The van der Waals surface area contributed by atoms with Crippen molar-refractivity contribution in [2.75, 3.05) is 36.5 Å². The minimum absolute atomic E-state index is 0.0275. The number of nitrogens with zero attached hydrogens (tertiary/aromatic N) is 4. The summed E-state index contributed by atoms with van der Waals surface area (Å²) in [6.45, 7) is 2.33. The number of aromatic nitrogens is 2. The van der Waals surface area contributed by atoms with Crippen LogP contribution in [0.5, 0.6) is 5.75 Å². The van der Waals surface area contributed by atoms with Crippen LogP contribution in [0.1, 0.15) is 36.0 Å². The number of ether oxygens (including phenoxy) is 1. The number of amides is 2. The van der Waals surface area contributed by atoms with Crippen LogP contribution in [0.25, 0.3) is 0 Å². The molecule has 0 radical (unpaired) electrons. The lowest BCUT2D eigenvalue weighted by Gasteiger charge is -2.26. The molecule has 2 amide bonds. The molecule has 8 nitrogen and oxygen atoms in total. The highest BCUT2D eigenvalue weighted by atomic mass is 16.5. The Morgan fingerprint density at radius 1 is 1.17 bits per heavy atom. The van der Waals surface area contributed by atoms with Gasteiger partial charge in [-0.05, 0) is 31.4 Å². The Balaban J connectivity index is 1.37. The van der Waals surface area contributed by atoms with E-state index < -0.39 is 0 Å². The van der Waals surface area contributed by atoms with Gasteiger partial charge >= 0.3 is 0 Å². The summed E-state index contributed by atoms with van der Waals surface area (Å²) in [4.78, 5) is 37.5.